The van der Waals surface area contributed by atoms with E-state index in [2.05, 4.69) is 40.2 Å². The first-order valence-corrected chi connectivity index (χ1v) is 8.14. The zero-order valence-electron chi connectivity index (χ0n) is 11.1. The molecule has 0 amide bonds. The molecule has 4 heteroatoms. The molecule has 1 heterocycles. The van der Waals surface area contributed by atoms with Gasteiger partial charge in [0.25, 0.3) is 0 Å². The van der Waals surface area contributed by atoms with Crippen LogP contribution in [-0.2, 0) is 6.42 Å². The summed E-state index contributed by atoms with van der Waals surface area (Å²) in [6, 6.07) is 14.4. The molecule has 0 saturated carbocycles. The molecule has 2 aromatic carbocycles. The maximum absolute atomic E-state index is 5.93. The van der Waals surface area contributed by atoms with E-state index in [1.807, 2.05) is 30.0 Å². The van der Waals surface area contributed by atoms with Crippen molar-refractivity contribution in [3.8, 4) is 11.5 Å². The van der Waals surface area contributed by atoms with Gasteiger partial charge in [0.2, 0.25) is 0 Å². The van der Waals surface area contributed by atoms with Crippen molar-refractivity contribution in [3.05, 3.63) is 52.5 Å². The first-order chi connectivity index (χ1) is 9.76. The van der Waals surface area contributed by atoms with Gasteiger partial charge in [-0.05, 0) is 52.2 Å². The molecule has 0 aliphatic carbocycles. The molecule has 0 N–H and O–H groups in total. The topological polar surface area (TPSA) is 18.5 Å². The van der Waals surface area contributed by atoms with E-state index in [4.69, 9.17) is 9.47 Å². The van der Waals surface area contributed by atoms with Crippen LogP contribution in [0.5, 0.6) is 11.5 Å². The Bertz CT molecular complexity index is 590. The highest BCUT2D eigenvalue weighted by Gasteiger charge is 2.22. The molecule has 2 aromatic rings. The lowest BCUT2D eigenvalue weighted by molar-refractivity contribution is 0.314. The van der Waals surface area contributed by atoms with Crippen molar-refractivity contribution in [1.82, 2.24) is 0 Å². The van der Waals surface area contributed by atoms with Gasteiger partial charge in [0, 0.05) is 10.1 Å². The van der Waals surface area contributed by atoms with Crippen LogP contribution in [0.4, 0.5) is 0 Å². The molecule has 0 saturated heterocycles. The van der Waals surface area contributed by atoms with Crippen molar-refractivity contribution in [3.63, 3.8) is 0 Å². The minimum atomic E-state index is 0.487. The number of hydrogen-bond donors (Lipinski definition) is 0. The summed E-state index contributed by atoms with van der Waals surface area (Å²) in [5.41, 5.74) is 1.43. The summed E-state index contributed by atoms with van der Waals surface area (Å²) in [5, 5.41) is 0.487. The van der Waals surface area contributed by atoms with E-state index in [1.165, 1.54) is 10.5 Å². The van der Waals surface area contributed by atoms with Gasteiger partial charge in [-0.2, -0.15) is 0 Å². The molecule has 0 aromatic heterocycles. The number of rotatable bonds is 4. The van der Waals surface area contributed by atoms with E-state index in [9.17, 15) is 0 Å². The Balaban J connectivity index is 1.61. The number of benzene rings is 2. The molecule has 20 heavy (non-hydrogen) atoms. The Morgan fingerprint density at radius 2 is 2.10 bits per heavy atom. The van der Waals surface area contributed by atoms with E-state index in [-0.39, 0.29) is 0 Å². The van der Waals surface area contributed by atoms with Crippen LogP contribution in [0.3, 0.4) is 0 Å². The average molecular weight is 351 g/mol. The Morgan fingerprint density at radius 1 is 1.25 bits per heavy atom. The van der Waals surface area contributed by atoms with Crippen molar-refractivity contribution < 1.29 is 9.47 Å². The summed E-state index contributed by atoms with van der Waals surface area (Å²) < 4.78 is 12.0. The van der Waals surface area contributed by atoms with E-state index in [0.717, 1.165) is 22.4 Å². The van der Waals surface area contributed by atoms with E-state index < -0.39 is 0 Å². The summed E-state index contributed by atoms with van der Waals surface area (Å²) in [7, 11) is 1.66. The highest BCUT2D eigenvalue weighted by molar-refractivity contribution is 9.10. The summed E-state index contributed by atoms with van der Waals surface area (Å²) in [5.74, 6) is 1.69. The summed E-state index contributed by atoms with van der Waals surface area (Å²) in [6.07, 6.45) is 1.08. The molecule has 3 rings (SSSR count). The second-order valence-electron chi connectivity index (χ2n) is 4.66. The van der Waals surface area contributed by atoms with Gasteiger partial charge in [-0.3, -0.25) is 0 Å². The molecule has 1 atom stereocenters. The fourth-order valence-corrected chi connectivity index (χ4v) is 3.95. The van der Waals surface area contributed by atoms with Crippen LogP contribution in [0.15, 0.2) is 51.8 Å². The van der Waals surface area contributed by atoms with Crippen molar-refractivity contribution in [1.29, 1.82) is 0 Å². The van der Waals surface area contributed by atoms with Gasteiger partial charge in [0.1, 0.15) is 18.1 Å². The maximum Gasteiger partial charge on any atom is 0.133 e. The third kappa shape index (κ3) is 2.96. The van der Waals surface area contributed by atoms with Crippen LogP contribution in [0.1, 0.15) is 5.56 Å². The van der Waals surface area contributed by atoms with Crippen molar-refractivity contribution in [2.75, 3.05) is 13.7 Å². The number of halogens is 1. The van der Waals surface area contributed by atoms with Gasteiger partial charge >= 0.3 is 0 Å². The van der Waals surface area contributed by atoms with Gasteiger partial charge in [-0.1, -0.05) is 18.2 Å². The van der Waals surface area contributed by atoms with Gasteiger partial charge in [0.15, 0.2) is 0 Å². The van der Waals surface area contributed by atoms with Crippen molar-refractivity contribution in [2.24, 2.45) is 0 Å². The molecule has 1 unspecified atom stereocenters. The summed E-state index contributed by atoms with van der Waals surface area (Å²) in [4.78, 5) is 1.38. The summed E-state index contributed by atoms with van der Waals surface area (Å²) >= 11 is 5.42. The van der Waals surface area contributed by atoms with Gasteiger partial charge in [-0.15, -0.1) is 11.8 Å². The minimum Gasteiger partial charge on any atom is -0.497 e. The largest absolute Gasteiger partial charge is 0.497 e. The SMILES string of the molecule is COc1ccc(OCC2Cc3ccccc3S2)c(Br)c1. The smallest absolute Gasteiger partial charge is 0.133 e. The lowest BCUT2D eigenvalue weighted by Gasteiger charge is -2.13. The third-order valence-corrected chi connectivity index (χ3v) is 5.19. The predicted molar refractivity (Wildman–Crippen MR) is 86.0 cm³/mol. The zero-order chi connectivity index (χ0) is 13.9. The van der Waals surface area contributed by atoms with Crippen LogP contribution >= 0.6 is 27.7 Å². The zero-order valence-corrected chi connectivity index (χ0v) is 13.5. The normalized spacial score (nSPS) is 16.8. The number of ether oxygens (including phenoxy) is 2. The Labute approximate surface area is 131 Å². The molecule has 1 aliphatic rings. The standard InChI is InChI=1S/C16H15BrO2S/c1-18-12-6-7-15(14(17)9-12)19-10-13-8-11-4-2-3-5-16(11)20-13/h2-7,9,13H,8,10H2,1H3. The number of hydrogen-bond acceptors (Lipinski definition) is 3. The van der Waals surface area contributed by atoms with Gasteiger partial charge < -0.3 is 9.47 Å². The monoisotopic (exact) mass is 350 g/mol. The molecule has 0 fully saturated rings. The first kappa shape index (κ1) is 13.8. The van der Waals surface area contributed by atoms with Crippen LogP contribution < -0.4 is 9.47 Å². The molecule has 1 aliphatic heterocycles. The molecule has 104 valence electrons. The fourth-order valence-electron chi connectivity index (χ4n) is 2.26. The number of thioether (sulfide) groups is 1. The lowest BCUT2D eigenvalue weighted by atomic mass is 10.1. The summed E-state index contributed by atoms with van der Waals surface area (Å²) in [6.45, 7) is 0.713. The maximum atomic E-state index is 5.93. The highest BCUT2D eigenvalue weighted by atomic mass is 79.9. The van der Waals surface area contributed by atoms with E-state index in [0.29, 0.717) is 11.9 Å². The minimum absolute atomic E-state index is 0.487. The molecule has 0 spiro atoms. The fraction of sp³-hybridized carbons (Fsp3) is 0.250. The Morgan fingerprint density at radius 3 is 2.85 bits per heavy atom. The molecule has 0 radical (unpaired) electrons. The number of fused-ring (bicyclic) bond motifs is 1. The second kappa shape index (κ2) is 6.10. The Kier molecular flexibility index (Phi) is 4.22. The van der Waals surface area contributed by atoms with E-state index >= 15 is 0 Å². The van der Waals surface area contributed by atoms with Crippen LogP contribution in [0.25, 0.3) is 0 Å². The van der Waals surface area contributed by atoms with Crippen molar-refractivity contribution in [2.45, 2.75) is 16.6 Å². The number of methoxy groups -OCH3 is 1. The van der Waals surface area contributed by atoms with Gasteiger partial charge in [0.05, 0.1) is 11.6 Å². The molecule has 2 nitrogen and oxygen atoms in total. The lowest BCUT2D eigenvalue weighted by Crippen LogP contribution is -2.13. The quantitative estimate of drug-likeness (QED) is 0.805. The van der Waals surface area contributed by atoms with Crippen molar-refractivity contribution >= 4 is 27.7 Å². The van der Waals surface area contributed by atoms with Gasteiger partial charge in [-0.25, -0.2) is 0 Å². The highest BCUT2D eigenvalue weighted by Crippen LogP contribution is 2.37. The van der Waals surface area contributed by atoms with Crippen LogP contribution in [-0.4, -0.2) is 19.0 Å². The first-order valence-electron chi connectivity index (χ1n) is 6.47. The Hall–Kier alpha value is -1.13. The predicted octanol–water partition coefficient (Wildman–Crippen LogP) is 4.55. The van der Waals surface area contributed by atoms with E-state index in [1.54, 1.807) is 7.11 Å². The average Bonchev–Trinajstić information content (AvgIpc) is 2.88. The van der Waals surface area contributed by atoms with Crippen LogP contribution in [0.2, 0.25) is 0 Å². The van der Waals surface area contributed by atoms with Crippen LogP contribution in [0, 0.1) is 0 Å². The molecular weight excluding hydrogens is 336 g/mol. The third-order valence-electron chi connectivity index (χ3n) is 3.28. The molecular formula is C16H15BrO2S. The molecule has 0 bridgehead atoms. The second-order valence-corrected chi connectivity index (χ2v) is 6.86.